The summed E-state index contributed by atoms with van der Waals surface area (Å²) >= 11 is 0. The molecule has 1 aromatic heterocycles. The number of nitrogens with zero attached hydrogens (tertiary/aromatic N) is 2. The average molecular weight is 262 g/mol. The predicted molar refractivity (Wildman–Crippen MR) is 67.6 cm³/mol. The smallest absolute Gasteiger partial charge is 0.288 e. The molecule has 0 aliphatic heterocycles. The Bertz CT molecular complexity index is 677. The minimum Gasteiger partial charge on any atom is -0.302 e. The van der Waals surface area contributed by atoms with Gasteiger partial charge in [-0.05, 0) is 24.6 Å². The highest BCUT2D eigenvalue weighted by atomic mass is 19.1. The molecule has 0 bridgehead atoms. The Hall–Kier alpha value is -2.50. The number of rotatable bonds is 3. The van der Waals surface area contributed by atoms with E-state index in [-0.39, 0.29) is 29.3 Å². The van der Waals surface area contributed by atoms with E-state index in [0.717, 1.165) is 6.07 Å². The van der Waals surface area contributed by atoms with Crippen molar-refractivity contribution >= 4 is 5.69 Å². The molecule has 0 radical (unpaired) electrons. The number of aromatic nitrogens is 1. The lowest BCUT2D eigenvalue weighted by Gasteiger charge is -2.09. The Morgan fingerprint density at radius 1 is 1.21 bits per heavy atom. The highest BCUT2D eigenvalue weighted by molar-refractivity contribution is 5.35. The predicted octanol–water partition coefficient (Wildman–Crippen LogP) is 2.25. The lowest BCUT2D eigenvalue weighted by molar-refractivity contribution is -0.386. The van der Waals surface area contributed by atoms with Crippen molar-refractivity contribution in [2.24, 2.45) is 0 Å². The summed E-state index contributed by atoms with van der Waals surface area (Å²) in [6.07, 6.45) is 0. The molecule has 1 heterocycles. The molecule has 0 N–H and O–H groups in total. The van der Waals surface area contributed by atoms with E-state index in [1.54, 1.807) is 12.1 Å². The minimum atomic E-state index is -0.532. The van der Waals surface area contributed by atoms with Crippen molar-refractivity contribution in [1.29, 1.82) is 0 Å². The fourth-order valence-corrected chi connectivity index (χ4v) is 1.83. The van der Waals surface area contributed by atoms with Gasteiger partial charge in [-0.1, -0.05) is 12.1 Å². The highest BCUT2D eigenvalue weighted by Crippen LogP contribution is 2.15. The SMILES string of the molecule is Cc1c([N+](=O)[O-])ccc(=O)n1Cc1ccc(F)cc1. The van der Waals surface area contributed by atoms with Crippen LogP contribution < -0.4 is 5.56 Å². The lowest BCUT2D eigenvalue weighted by atomic mass is 10.2. The van der Waals surface area contributed by atoms with Crippen molar-refractivity contribution in [1.82, 2.24) is 4.57 Å². The zero-order valence-electron chi connectivity index (χ0n) is 10.2. The second kappa shape index (κ2) is 5.01. The summed E-state index contributed by atoms with van der Waals surface area (Å²) in [5.74, 6) is -0.369. The van der Waals surface area contributed by atoms with Crippen LogP contribution >= 0.6 is 0 Å². The van der Waals surface area contributed by atoms with Crippen molar-refractivity contribution in [2.45, 2.75) is 13.5 Å². The van der Waals surface area contributed by atoms with E-state index in [4.69, 9.17) is 0 Å². The first-order valence-electron chi connectivity index (χ1n) is 5.58. The van der Waals surface area contributed by atoms with Crippen LogP contribution in [0.25, 0.3) is 0 Å². The van der Waals surface area contributed by atoms with Gasteiger partial charge in [-0.25, -0.2) is 4.39 Å². The van der Waals surface area contributed by atoms with E-state index in [2.05, 4.69) is 0 Å². The molecule has 2 rings (SSSR count). The van der Waals surface area contributed by atoms with Crippen LogP contribution in [0.4, 0.5) is 10.1 Å². The number of nitro groups is 1. The Balaban J connectivity index is 2.45. The third kappa shape index (κ3) is 2.67. The summed E-state index contributed by atoms with van der Waals surface area (Å²) in [6.45, 7) is 1.69. The minimum absolute atomic E-state index is 0.110. The molecule has 0 atom stereocenters. The molecule has 0 aliphatic carbocycles. The summed E-state index contributed by atoms with van der Waals surface area (Å²) in [4.78, 5) is 22.0. The maximum Gasteiger partial charge on any atom is 0.288 e. The molecule has 2 aromatic rings. The topological polar surface area (TPSA) is 65.1 Å². The normalized spacial score (nSPS) is 10.4. The van der Waals surface area contributed by atoms with Gasteiger partial charge >= 0.3 is 0 Å². The number of pyridine rings is 1. The summed E-state index contributed by atoms with van der Waals surface area (Å²) < 4.78 is 14.1. The fourth-order valence-electron chi connectivity index (χ4n) is 1.83. The van der Waals surface area contributed by atoms with Crippen LogP contribution in [0.5, 0.6) is 0 Å². The van der Waals surface area contributed by atoms with Crippen LogP contribution in [0.15, 0.2) is 41.2 Å². The molecule has 98 valence electrons. The van der Waals surface area contributed by atoms with Gasteiger partial charge in [0.05, 0.1) is 17.2 Å². The molecular formula is C13H11FN2O3. The summed E-state index contributed by atoms with van der Waals surface area (Å²) in [7, 11) is 0. The lowest BCUT2D eigenvalue weighted by Crippen LogP contribution is -2.22. The van der Waals surface area contributed by atoms with Crippen molar-refractivity contribution in [3.63, 3.8) is 0 Å². The molecule has 19 heavy (non-hydrogen) atoms. The Morgan fingerprint density at radius 3 is 2.42 bits per heavy atom. The van der Waals surface area contributed by atoms with Gasteiger partial charge in [-0.3, -0.25) is 14.9 Å². The largest absolute Gasteiger partial charge is 0.302 e. The second-order valence-electron chi connectivity index (χ2n) is 4.11. The van der Waals surface area contributed by atoms with E-state index in [1.165, 1.54) is 29.7 Å². The molecule has 6 heteroatoms. The van der Waals surface area contributed by atoms with E-state index >= 15 is 0 Å². The molecule has 0 fully saturated rings. The van der Waals surface area contributed by atoms with E-state index in [9.17, 15) is 19.3 Å². The van der Waals surface area contributed by atoms with Crippen LogP contribution in [0, 0.1) is 22.9 Å². The fraction of sp³-hybridized carbons (Fsp3) is 0.154. The van der Waals surface area contributed by atoms with Crippen LogP contribution in [-0.2, 0) is 6.54 Å². The van der Waals surface area contributed by atoms with Crippen molar-refractivity contribution in [3.8, 4) is 0 Å². The van der Waals surface area contributed by atoms with Gasteiger partial charge in [-0.15, -0.1) is 0 Å². The van der Waals surface area contributed by atoms with E-state index in [1.807, 2.05) is 0 Å². The van der Waals surface area contributed by atoms with E-state index in [0.29, 0.717) is 5.56 Å². The Labute approximate surface area is 108 Å². The van der Waals surface area contributed by atoms with Gasteiger partial charge in [0, 0.05) is 12.1 Å². The van der Waals surface area contributed by atoms with Gasteiger partial charge in [0.15, 0.2) is 0 Å². The average Bonchev–Trinajstić information content (AvgIpc) is 2.36. The maximum absolute atomic E-state index is 12.8. The highest BCUT2D eigenvalue weighted by Gasteiger charge is 2.14. The molecule has 0 saturated carbocycles. The number of hydrogen-bond acceptors (Lipinski definition) is 3. The van der Waals surface area contributed by atoms with Crippen molar-refractivity contribution in [2.75, 3.05) is 0 Å². The number of hydrogen-bond donors (Lipinski definition) is 0. The molecule has 0 saturated heterocycles. The Kier molecular flexibility index (Phi) is 3.41. The van der Waals surface area contributed by atoms with Gasteiger partial charge in [0.1, 0.15) is 5.82 Å². The molecule has 0 amide bonds. The molecule has 0 spiro atoms. The third-order valence-corrected chi connectivity index (χ3v) is 2.88. The van der Waals surface area contributed by atoms with Crippen LogP contribution in [-0.4, -0.2) is 9.49 Å². The van der Waals surface area contributed by atoms with Crippen molar-refractivity contribution < 1.29 is 9.31 Å². The zero-order chi connectivity index (χ0) is 14.0. The molecule has 1 aromatic carbocycles. The van der Waals surface area contributed by atoms with Crippen LogP contribution in [0.2, 0.25) is 0 Å². The monoisotopic (exact) mass is 262 g/mol. The van der Waals surface area contributed by atoms with E-state index < -0.39 is 4.92 Å². The quantitative estimate of drug-likeness (QED) is 0.629. The van der Waals surface area contributed by atoms with Gasteiger partial charge in [0.25, 0.3) is 11.2 Å². The Morgan fingerprint density at radius 2 is 1.84 bits per heavy atom. The number of halogens is 1. The van der Waals surface area contributed by atoms with Gasteiger partial charge < -0.3 is 4.57 Å². The van der Waals surface area contributed by atoms with Crippen LogP contribution in [0.3, 0.4) is 0 Å². The first-order chi connectivity index (χ1) is 8.99. The first kappa shape index (κ1) is 12.9. The second-order valence-corrected chi connectivity index (χ2v) is 4.11. The summed E-state index contributed by atoms with van der Waals surface area (Å²) in [6, 6.07) is 8.01. The van der Waals surface area contributed by atoms with Crippen LogP contribution in [0.1, 0.15) is 11.3 Å². The zero-order valence-corrected chi connectivity index (χ0v) is 10.2. The van der Waals surface area contributed by atoms with Gasteiger partial charge in [0.2, 0.25) is 0 Å². The molecule has 0 aliphatic rings. The molecular weight excluding hydrogens is 251 g/mol. The molecule has 5 nitrogen and oxygen atoms in total. The summed E-state index contributed by atoms with van der Waals surface area (Å²) in [5, 5.41) is 10.8. The third-order valence-electron chi connectivity index (χ3n) is 2.88. The van der Waals surface area contributed by atoms with Crippen molar-refractivity contribution in [3.05, 3.63) is 73.9 Å². The molecule has 0 unspecified atom stereocenters. The first-order valence-corrected chi connectivity index (χ1v) is 5.58. The number of benzene rings is 1. The van der Waals surface area contributed by atoms with Gasteiger partial charge in [-0.2, -0.15) is 0 Å². The standard InChI is InChI=1S/C13H11FN2O3/c1-9-12(16(18)19)6-7-13(17)15(9)8-10-2-4-11(14)5-3-10/h2-7H,8H2,1H3. The maximum atomic E-state index is 12.8. The summed E-state index contributed by atoms with van der Waals surface area (Å²) in [5.41, 5.74) is 0.544.